The summed E-state index contributed by atoms with van der Waals surface area (Å²) < 4.78 is 26.7. The summed E-state index contributed by atoms with van der Waals surface area (Å²) in [6, 6.07) is 5.02. The van der Waals surface area contributed by atoms with Crippen molar-refractivity contribution in [2.45, 2.75) is 18.9 Å². The quantitative estimate of drug-likeness (QED) is 0.859. The van der Waals surface area contributed by atoms with Gasteiger partial charge in [0.15, 0.2) is 11.6 Å². The Morgan fingerprint density at radius 2 is 2.11 bits per heavy atom. The molecule has 0 saturated heterocycles. The predicted molar refractivity (Wildman–Crippen MR) is 68.4 cm³/mol. The molecule has 0 saturated carbocycles. The van der Waals surface area contributed by atoms with Gasteiger partial charge in [-0.2, -0.15) is 0 Å². The highest BCUT2D eigenvalue weighted by molar-refractivity contribution is 8.00. The second-order valence-electron chi connectivity index (χ2n) is 3.82. The summed E-state index contributed by atoms with van der Waals surface area (Å²) in [6.07, 6.45) is 0. The van der Waals surface area contributed by atoms with Gasteiger partial charge in [-0.05, 0) is 31.5 Å². The van der Waals surface area contributed by atoms with E-state index in [2.05, 4.69) is 9.88 Å². The summed E-state index contributed by atoms with van der Waals surface area (Å²) >= 11 is 1.22. The first-order valence-electron chi connectivity index (χ1n) is 5.30. The second kappa shape index (κ2) is 5.30. The van der Waals surface area contributed by atoms with Gasteiger partial charge in [0, 0.05) is 18.0 Å². The van der Waals surface area contributed by atoms with Gasteiger partial charge in [-0.3, -0.25) is 0 Å². The Labute approximate surface area is 109 Å². The van der Waals surface area contributed by atoms with Crippen LogP contribution in [0.2, 0.25) is 0 Å². The molecule has 0 aliphatic carbocycles. The van der Waals surface area contributed by atoms with Crippen LogP contribution in [-0.4, -0.2) is 12.3 Å². The molecule has 0 atom stereocenters. The number of hydrogen-bond donors (Lipinski definition) is 1. The van der Waals surface area contributed by atoms with Crippen LogP contribution in [0.25, 0.3) is 0 Å². The molecular formula is C12H13FN2O2S. The molecule has 0 aliphatic heterocycles. The van der Waals surface area contributed by atoms with Gasteiger partial charge in [0.1, 0.15) is 0 Å². The van der Waals surface area contributed by atoms with E-state index >= 15 is 0 Å². The van der Waals surface area contributed by atoms with E-state index in [0.717, 1.165) is 11.3 Å². The maximum absolute atomic E-state index is 13.6. The molecule has 0 amide bonds. The lowest BCUT2D eigenvalue weighted by Crippen LogP contribution is -1.96. The average Bonchev–Trinajstić information content (AvgIpc) is 2.72. The maximum atomic E-state index is 13.6. The fraction of sp³-hybridized carbons (Fsp3) is 0.250. The number of anilines is 1. The smallest absolute Gasteiger partial charge is 0.213 e. The summed E-state index contributed by atoms with van der Waals surface area (Å²) in [5, 5.41) is 4.37. The van der Waals surface area contributed by atoms with E-state index in [1.54, 1.807) is 12.1 Å². The average molecular weight is 268 g/mol. The van der Waals surface area contributed by atoms with Crippen LogP contribution >= 0.6 is 11.9 Å². The fourth-order valence-electron chi connectivity index (χ4n) is 1.51. The Bertz CT molecular complexity index is 557. The van der Waals surface area contributed by atoms with Crippen molar-refractivity contribution in [2.24, 2.45) is 0 Å². The molecule has 0 bridgehead atoms. The van der Waals surface area contributed by atoms with Gasteiger partial charge in [-0.25, -0.2) is 4.39 Å². The highest BCUT2D eigenvalue weighted by Crippen LogP contribution is 2.32. The highest BCUT2D eigenvalue weighted by Gasteiger charge is 2.11. The topological polar surface area (TPSA) is 47.3 Å². The van der Waals surface area contributed by atoms with E-state index in [4.69, 9.17) is 9.26 Å². The lowest BCUT2D eigenvalue weighted by molar-refractivity contribution is 0.347. The minimum absolute atomic E-state index is 0.185. The number of ether oxygens (including phenoxy) is 1. The minimum atomic E-state index is -0.394. The molecule has 6 heteroatoms. The van der Waals surface area contributed by atoms with Crippen molar-refractivity contribution in [3.05, 3.63) is 35.3 Å². The van der Waals surface area contributed by atoms with Crippen LogP contribution in [0.4, 0.5) is 10.1 Å². The molecule has 0 fully saturated rings. The Kier molecular flexibility index (Phi) is 3.76. The van der Waals surface area contributed by atoms with E-state index in [9.17, 15) is 4.39 Å². The van der Waals surface area contributed by atoms with Crippen LogP contribution in [-0.2, 0) is 0 Å². The van der Waals surface area contributed by atoms with Gasteiger partial charge < -0.3 is 14.0 Å². The van der Waals surface area contributed by atoms with E-state index in [1.165, 1.54) is 25.1 Å². The number of benzene rings is 1. The van der Waals surface area contributed by atoms with E-state index in [0.29, 0.717) is 10.8 Å². The lowest BCUT2D eigenvalue weighted by atomic mass is 10.2. The van der Waals surface area contributed by atoms with Gasteiger partial charge in [0.25, 0.3) is 0 Å². The van der Waals surface area contributed by atoms with Gasteiger partial charge in [-0.15, -0.1) is 0 Å². The standard InChI is InChI=1S/C12H13FN2O2S/c1-7-4-9(13)12(16-3)10(5-7)15-18-11-6-8(2)14-17-11/h4-6,15H,1-3H3. The first-order chi connectivity index (χ1) is 8.60. The predicted octanol–water partition coefficient (Wildman–Crippen LogP) is 3.56. The molecule has 0 aliphatic rings. The number of aromatic nitrogens is 1. The highest BCUT2D eigenvalue weighted by atomic mass is 32.2. The Balaban J connectivity index is 2.18. The molecule has 1 heterocycles. The van der Waals surface area contributed by atoms with Gasteiger partial charge in [0.05, 0.1) is 18.5 Å². The molecule has 0 unspecified atom stereocenters. The van der Waals surface area contributed by atoms with Crippen molar-refractivity contribution >= 4 is 17.6 Å². The lowest BCUT2D eigenvalue weighted by Gasteiger charge is -2.11. The fourth-order valence-corrected chi connectivity index (χ4v) is 2.17. The molecule has 4 nitrogen and oxygen atoms in total. The van der Waals surface area contributed by atoms with Crippen molar-refractivity contribution in [3.8, 4) is 5.75 Å². The van der Waals surface area contributed by atoms with Crippen molar-refractivity contribution in [3.63, 3.8) is 0 Å². The Hall–Kier alpha value is -1.69. The first-order valence-corrected chi connectivity index (χ1v) is 6.12. The summed E-state index contributed by atoms with van der Waals surface area (Å²) in [5.41, 5.74) is 2.17. The molecule has 96 valence electrons. The zero-order chi connectivity index (χ0) is 13.1. The van der Waals surface area contributed by atoms with Crippen LogP contribution in [0.3, 0.4) is 0 Å². The Morgan fingerprint density at radius 3 is 2.72 bits per heavy atom. The zero-order valence-corrected chi connectivity index (χ0v) is 11.1. The van der Waals surface area contributed by atoms with Crippen LogP contribution in [0.5, 0.6) is 5.75 Å². The van der Waals surface area contributed by atoms with Crippen molar-refractivity contribution < 1.29 is 13.7 Å². The Morgan fingerprint density at radius 1 is 1.33 bits per heavy atom. The van der Waals surface area contributed by atoms with Crippen molar-refractivity contribution in [1.29, 1.82) is 0 Å². The summed E-state index contributed by atoms with van der Waals surface area (Å²) in [5.74, 6) is -0.210. The second-order valence-corrected chi connectivity index (χ2v) is 4.63. The van der Waals surface area contributed by atoms with Crippen LogP contribution in [0, 0.1) is 19.7 Å². The number of rotatable bonds is 4. The molecule has 1 aromatic heterocycles. The van der Waals surface area contributed by atoms with Crippen molar-refractivity contribution in [1.82, 2.24) is 5.16 Å². The summed E-state index contributed by atoms with van der Waals surface area (Å²) in [7, 11) is 1.43. The molecule has 2 rings (SSSR count). The molecule has 0 radical (unpaired) electrons. The minimum Gasteiger partial charge on any atom is -0.492 e. The molecular weight excluding hydrogens is 255 g/mol. The third-order valence-electron chi connectivity index (χ3n) is 2.26. The zero-order valence-electron chi connectivity index (χ0n) is 10.3. The molecule has 2 aromatic rings. The molecule has 1 N–H and O–H groups in total. The van der Waals surface area contributed by atoms with E-state index in [1.807, 2.05) is 13.8 Å². The number of nitrogens with zero attached hydrogens (tertiary/aromatic N) is 1. The number of nitrogens with one attached hydrogen (secondary N) is 1. The first kappa shape index (κ1) is 12.8. The summed E-state index contributed by atoms with van der Waals surface area (Å²) in [6.45, 7) is 3.65. The molecule has 18 heavy (non-hydrogen) atoms. The third kappa shape index (κ3) is 2.76. The molecule has 0 spiro atoms. The SMILES string of the molecule is COc1c(F)cc(C)cc1NSc1cc(C)no1. The third-order valence-corrected chi connectivity index (χ3v) is 2.98. The number of halogens is 1. The number of aryl methyl sites for hydroxylation is 2. The van der Waals surface area contributed by atoms with Crippen molar-refractivity contribution in [2.75, 3.05) is 11.8 Å². The maximum Gasteiger partial charge on any atom is 0.213 e. The molecule has 1 aromatic carbocycles. The van der Waals surface area contributed by atoms with E-state index in [-0.39, 0.29) is 5.75 Å². The van der Waals surface area contributed by atoms with E-state index < -0.39 is 5.82 Å². The van der Waals surface area contributed by atoms with Crippen LogP contribution in [0.15, 0.2) is 27.8 Å². The van der Waals surface area contributed by atoms with Gasteiger partial charge in [0.2, 0.25) is 5.09 Å². The van der Waals surface area contributed by atoms with Crippen LogP contribution in [0.1, 0.15) is 11.3 Å². The van der Waals surface area contributed by atoms with Gasteiger partial charge in [-0.1, -0.05) is 5.16 Å². The summed E-state index contributed by atoms with van der Waals surface area (Å²) in [4.78, 5) is 0. The largest absolute Gasteiger partial charge is 0.492 e. The monoisotopic (exact) mass is 268 g/mol. The van der Waals surface area contributed by atoms with Crippen LogP contribution < -0.4 is 9.46 Å². The number of methoxy groups -OCH3 is 1. The number of hydrogen-bond acceptors (Lipinski definition) is 5. The van der Waals surface area contributed by atoms with Gasteiger partial charge >= 0.3 is 0 Å². The normalized spacial score (nSPS) is 10.4.